The predicted octanol–water partition coefficient (Wildman–Crippen LogP) is 5.25. The van der Waals surface area contributed by atoms with E-state index in [1.54, 1.807) is 6.07 Å². The molecule has 5 heteroatoms. The van der Waals surface area contributed by atoms with E-state index in [0.717, 1.165) is 23.4 Å². The van der Waals surface area contributed by atoms with Gasteiger partial charge in [-0.25, -0.2) is 8.78 Å². The summed E-state index contributed by atoms with van der Waals surface area (Å²) < 4.78 is 29.0. The number of carbonyl (C=O) groups is 1. The Hall–Kier alpha value is -3.47. The summed E-state index contributed by atoms with van der Waals surface area (Å²) in [5.74, 6) is -0.858. The average molecular weight is 402 g/mol. The van der Waals surface area contributed by atoms with Crippen LogP contribution in [0, 0.1) is 11.6 Å². The molecule has 4 aromatic rings. The molecule has 1 heterocycles. The standard InChI is InChI=1S/C25H20F2N2O/c26-20-8-6-19(22(27)13-20)15-29-11-10-17-12-18(7-9-24(17)29)25(30)28-23-14-21(23)16-4-2-1-3-5-16/h1-13,21,23H,14-15H2,(H,28,30)/t21-,23+/m0/s1. The highest BCUT2D eigenvalue weighted by Crippen LogP contribution is 2.40. The van der Waals surface area contributed by atoms with Gasteiger partial charge >= 0.3 is 0 Å². The van der Waals surface area contributed by atoms with Crippen LogP contribution < -0.4 is 5.32 Å². The highest BCUT2D eigenvalue weighted by molar-refractivity contribution is 5.98. The summed E-state index contributed by atoms with van der Waals surface area (Å²) in [6.07, 6.45) is 2.80. The van der Waals surface area contributed by atoms with Crippen LogP contribution in [0.1, 0.15) is 33.8 Å². The number of nitrogens with zero attached hydrogens (tertiary/aromatic N) is 1. The molecule has 1 aromatic heterocycles. The van der Waals surface area contributed by atoms with Crippen LogP contribution in [0.5, 0.6) is 0 Å². The van der Waals surface area contributed by atoms with E-state index in [4.69, 9.17) is 0 Å². The lowest BCUT2D eigenvalue weighted by Crippen LogP contribution is -2.26. The molecule has 0 radical (unpaired) electrons. The van der Waals surface area contributed by atoms with Gasteiger partial charge in [-0.15, -0.1) is 0 Å². The Labute approximate surface area is 173 Å². The van der Waals surface area contributed by atoms with E-state index in [1.165, 1.54) is 17.7 Å². The molecule has 5 rings (SSSR count). The van der Waals surface area contributed by atoms with Crippen LogP contribution in [0.15, 0.2) is 79.0 Å². The number of fused-ring (bicyclic) bond motifs is 1. The maximum atomic E-state index is 14.0. The summed E-state index contributed by atoms with van der Waals surface area (Å²) in [7, 11) is 0. The van der Waals surface area contributed by atoms with E-state index in [-0.39, 0.29) is 11.9 Å². The van der Waals surface area contributed by atoms with Crippen LogP contribution in [-0.2, 0) is 6.54 Å². The van der Waals surface area contributed by atoms with Gasteiger partial charge in [0.25, 0.3) is 5.91 Å². The summed E-state index contributed by atoms with van der Waals surface area (Å²) in [4.78, 5) is 12.7. The molecule has 1 fully saturated rings. The van der Waals surface area contributed by atoms with Crippen LogP contribution in [0.25, 0.3) is 10.9 Å². The number of halogens is 2. The van der Waals surface area contributed by atoms with Crippen molar-refractivity contribution < 1.29 is 13.6 Å². The fourth-order valence-electron chi connectivity index (χ4n) is 3.99. The number of rotatable bonds is 5. The monoisotopic (exact) mass is 402 g/mol. The van der Waals surface area contributed by atoms with Crippen molar-refractivity contribution in [3.05, 3.63) is 107 Å². The summed E-state index contributed by atoms with van der Waals surface area (Å²) in [6, 6.07) is 21.4. The Morgan fingerprint density at radius 3 is 2.63 bits per heavy atom. The molecule has 30 heavy (non-hydrogen) atoms. The Bertz CT molecular complexity index is 1230. The van der Waals surface area contributed by atoms with Crippen molar-refractivity contribution in [3.63, 3.8) is 0 Å². The zero-order valence-corrected chi connectivity index (χ0v) is 16.2. The first-order valence-electron chi connectivity index (χ1n) is 9.97. The number of nitrogens with one attached hydrogen (secondary N) is 1. The third-order valence-corrected chi connectivity index (χ3v) is 5.72. The van der Waals surface area contributed by atoms with Crippen LogP contribution in [-0.4, -0.2) is 16.5 Å². The minimum atomic E-state index is -0.588. The SMILES string of the molecule is O=C(N[C@@H]1C[C@H]1c1ccccc1)c1ccc2c(ccn2Cc2ccc(F)cc2F)c1. The number of benzene rings is 3. The van der Waals surface area contributed by atoms with Gasteiger partial charge in [0.15, 0.2) is 0 Å². The minimum Gasteiger partial charge on any atom is -0.349 e. The first-order valence-corrected chi connectivity index (χ1v) is 9.97. The fourth-order valence-corrected chi connectivity index (χ4v) is 3.99. The molecule has 1 aliphatic carbocycles. The molecule has 3 nitrogen and oxygen atoms in total. The van der Waals surface area contributed by atoms with Gasteiger partial charge in [0.1, 0.15) is 11.6 Å². The van der Waals surface area contributed by atoms with Crippen LogP contribution in [0.4, 0.5) is 8.78 Å². The lowest BCUT2D eigenvalue weighted by atomic mass is 10.1. The smallest absolute Gasteiger partial charge is 0.251 e. The third kappa shape index (κ3) is 3.59. The largest absolute Gasteiger partial charge is 0.349 e. The molecule has 0 unspecified atom stereocenters. The number of aromatic nitrogens is 1. The topological polar surface area (TPSA) is 34.0 Å². The van der Waals surface area contributed by atoms with Gasteiger partial charge in [0, 0.05) is 46.3 Å². The molecule has 0 aliphatic heterocycles. The van der Waals surface area contributed by atoms with Gasteiger partial charge in [-0.3, -0.25) is 4.79 Å². The van der Waals surface area contributed by atoms with Gasteiger partial charge in [-0.1, -0.05) is 36.4 Å². The van der Waals surface area contributed by atoms with Gasteiger partial charge in [-0.05, 0) is 42.3 Å². The van der Waals surface area contributed by atoms with Gasteiger partial charge in [-0.2, -0.15) is 0 Å². The van der Waals surface area contributed by atoms with E-state index < -0.39 is 11.6 Å². The highest BCUT2D eigenvalue weighted by atomic mass is 19.1. The Balaban J connectivity index is 1.30. The lowest BCUT2D eigenvalue weighted by Gasteiger charge is -2.08. The maximum Gasteiger partial charge on any atom is 0.251 e. The number of hydrogen-bond acceptors (Lipinski definition) is 1. The van der Waals surface area contributed by atoms with E-state index in [1.807, 2.05) is 47.2 Å². The van der Waals surface area contributed by atoms with Gasteiger partial charge in [0.05, 0.1) is 6.54 Å². The van der Waals surface area contributed by atoms with Crippen molar-refractivity contribution in [2.24, 2.45) is 0 Å². The van der Waals surface area contributed by atoms with Crippen molar-refractivity contribution >= 4 is 16.8 Å². The summed E-state index contributed by atoms with van der Waals surface area (Å²) in [5, 5.41) is 4.02. The molecule has 1 amide bonds. The number of carbonyl (C=O) groups excluding carboxylic acids is 1. The minimum absolute atomic E-state index is 0.0855. The Morgan fingerprint density at radius 1 is 1.00 bits per heavy atom. The zero-order chi connectivity index (χ0) is 20.7. The quantitative estimate of drug-likeness (QED) is 0.486. The predicted molar refractivity (Wildman–Crippen MR) is 112 cm³/mol. The van der Waals surface area contributed by atoms with Crippen molar-refractivity contribution in [2.45, 2.75) is 24.9 Å². The van der Waals surface area contributed by atoms with Crippen molar-refractivity contribution in [1.82, 2.24) is 9.88 Å². The van der Waals surface area contributed by atoms with Crippen molar-refractivity contribution in [1.29, 1.82) is 0 Å². The van der Waals surface area contributed by atoms with E-state index in [0.29, 0.717) is 23.6 Å². The fraction of sp³-hybridized carbons (Fsp3) is 0.160. The molecule has 0 bridgehead atoms. The molecular formula is C25H20F2N2O. The molecule has 0 spiro atoms. The average Bonchev–Trinajstić information content (AvgIpc) is 3.41. The molecule has 3 aromatic carbocycles. The van der Waals surface area contributed by atoms with Crippen molar-refractivity contribution in [2.75, 3.05) is 0 Å². The lowest BCUT2D eigenvalue weighted by molar-refractivity contribution is 0.0950. The van der Waals surface area contributed by atoms with Gasteiger partial charge in [0.2, 0.25) is 0 Å². The summed E-state index contributed by atoms with van der Waals surface area (Å²) >= 11 is 0. The third-order valence-electron chi connectivity index (χ3n) is 5.72. The Morgan fingerprint density at radius 2 is 1.83 bits per heavy atom. The summed E-state index contributed by atoms with van der Waals surface area (Å²) in [6.45, 7) is 0.294. The molecule has 0 saturated heterocycles. The zero-order valence-electron chi connectivity index (χ0n) is 16.2. The second kappa shape index (κ2) is 7.41. The molecule has 1 saturated carbocycles. The number of amides is 1. The van der Waals surface area contributed by atoms with E-state index in [9.17, 15) is 13.6 Å². The summed E-state index contributed by atoms with van der Waals surface area (Å²) in [5.41, 5.74) is 3.16. The van der Waals surface area contributed by atoms with E-state index >= 15 is 0 Å². The molecule has 2 atom stereocenters. The van der Waals surface area contributed by atoms with E-state index in [2.05, 4.69) is 17.4 Å². The first-order chi connectivity index (χ1) is 14.6. The normalized spacial score (nSPS) is 17.8. The molecule has 150 valence electrons. The molecular weight excluding hydrogens is 382 g/mol. The Kier molecular flexibility index (Phi) is 4.58. The maximum absolute atomic E-state index is 14.0. The molecule has 1 N–H and O–H groups in total. The van der Waals surface area contributed by atoms with Crippen LogP contribution in [0.2, 0.25) is 0 Å². The van der Waals surface area contributed by atoms with Crippen LogP contribution in [0.3, 0.4) is 0 Å². The first kappa shape index (κ1) is 18.6. The second-order valence-corrected chi connectivity index (χ2v) is 7.79. The van der Waals surface area contributed by atoms with Crippen LogP contribution >= 0.6 is 0 Å². The second-order valence-electron chi connectivity index (χ2n) is 7.79. The number of hydrogen-bond donors (Lipinski definition) is 1. The van der Waals surface area contributed by atoms with Gasteiger partial charge < -0.3 is 9.88 Å². The molecule has 1 aliphatic rings. The van der Waals surface area contributed by atoms with Crippen molar-refractivity contribution in [3.8, 4) is 0 Å². The highest BCUT2D eigenvalue weighted by Gasteiger charge is 2.39.